The van der Waals surface area contributed by atoms with E-state index in [1.807, 2.05) is 5.32 Å². The molecule has 16 heavy (non-hydrogen) atoms. The summed E-state index contributed by atoms with van der Waals surface area (Å²) in [5.41, 5.74) is -1.56. The van der Waals surface area contributed by atoms with Gasteiger partial charge in [0.05, 0.1) is 16.8 Å². The lowest BCUT2D eigenvalue weighted by atomic mass is 10.1. The van der Waals surface area contributed by atoms with E-state index in [-0.39, 0.29) is 11.3 Å². The number of hydrogen-bond acceptors (Lipinski definition) is 2. The van der Waals surface area contributed by atoms with Gasteiger partial charge in [-0.2, -0.15) is 18.4 Å². The van der Waals surface area contributed by atoms with Crippen LogP contribution >= 0.6 is 0 Å². The summed E-state index contributed by atoms with van der Waals surface area (Å²) in [5.74, 6) is 0. The Hall–Kier alpha value is -2.23. The molecule has 0 atom stereocenters. The average Bonchev–Trinajstić information content (AvgIpc) is 2.15. The second-order valence-electron chi connectivity index (χ2n) is 2.80. The summed E-state index contributed by atoms with van der Waals surface area (Å²) in [7, 11) is 0. The fourth-order valence-corrected chi connectivity index (χ4v) is 1.04. The predicted molar refractivity (Wildman–Crippen MR) is 47.8 cm³/mol. The van der Waals surface area contributed by atoms with E-state index >= 15 is 0 Å². The summed E-state index contributed by atoms with van der Waals surface area (Å²) in [4.78, 5) is 10.3. The lowest BCUT2D eigenvalue weighted by Crippen LogP contribution is -2.10. The van der Waals surface area contributed by atoms with Gasteiger partial charge in [-0.15, -0.1) is 0 Å². The van der Waals surface area contributed by atoms with E-state index in [1.54, 1.807) is 0 Å². The van der Waals surface area contributed by atoms with Crippen molar-refractivity contribution in [3.63, 3.8) is 0 Å². The van der Waals surface area contributed by atoms with E-state index in [0.29, 0.717) is 12.1 Å². The molecule has 0 spiro atoms. The molecule has 0 aliphatic rings. The summed E-state index contributed by atoms with van der Waals surface area (Å²) in [6.45, 7) is 0. The predicted octanol–water partition coefficient (Wildman–Crippen LogP) is 2.67. The molecule has 0 aliphatic heterocycles. The Morgan fingerprint density at radius 3 is 2.50 bits per heavy atom. The molecule has 0 heterocycles. The van der Waals surface area contributed by atoms with Gasteiger partial charge >= 0.3 is 12.3 Å². The summed E-state index contributed by atoms with van der Waals surface area (Å²) in [6.07, 6.45) is -6.01. The van der Waals surface area contributed by atoms with Crippen molar-refractivity contribution in [1.29, 1.82) is 5.26 Å². The van der Waals surface area contributed by atoms with Crippen molar-refractivity contribution in [2.24, 2.45) is 0 Å². The van der Waals surface area contributed by atoms with Crippen LogP contribution in [-0.4, -0.2) is 11.2 Å². The SMILES string of the molecule is N#Cc1cc(C(F)(F)F)ccc1NC(=O)O. The highest BCUT2D eigenvalue weighted by atomic mass is 19.4. The summed E-state index contributed by atoms with van der Waals surface area (Å²) in [5, 5.41) is 18.8. The van der Waals surface area contributed by atoms with Crippen molar-refractivity contribution in [2.75, 3.05) is 5.32 Å². The Morgan fingerprint density at radius 1 is 1.44 bits per heavy atom. The lowest BCUT2D eigenvalue weighted by molar-refractivity contribution is -0.137. The van der Waals surface area contributed by atoms with Crippen molar-refractivity contribution >= 4 is 11.8 Å². The smallest absolute Gasteiger partial charge is 0.416 e. The molecule has 0 saturated carbocycles. The number of carboxylic acid groups (broad SMARTS) is 1. The molecule has 0 radical (unpaired) electrons. The molecule has 0 aliphatic carbocycles. The van der Waals surface area contributed by atoms with Gasteiger partial charge in [0.15, 0.2) is 0 Å². The van der Waals surface area contributed by atoms with Gasteiger partial charge in [0, 0.05) is 0 Å². The summed E-state index contributed by atoms with van der Waals surface area (Å²) >= 11 is 0. The number of amides is 1. The van der Waals surface area contributed by atoms with Crippen LogP contribution in [0.3, 0.4) is 0 Å². The molecule has 1 amide bonds. The molecule has 0 unspecified atom stereocenters. The molecule has 4 nitrogen and oxygen atoms in total. The van der Waals surface area contributed by atoms with Crippen LogP contribution < -0.4 is 5.32 Å². The highest BCUT2D eigenvalue weighted by Crippen LogP contribution is 2.31. The second-order valence-corrected chi connectivity index (χ2v) is 2.80. The molecule has 7 heteroatoms. The minimum absolute atomic E-state index is 0.178. The Bertz CT molecular complexity index is 463. The third-order valence-electron chi connectivity index (χ3n) is 1.71. The van der Waals surface area contributed by atoms with Gasteiger partial charge in [0.25, 0.3) is 0 Å². The van der Waals surface area contributed by atoms with Crippen molar-refractivity contribution in [1.82, 2.24) is 0 Å². The van der Waals surface area contributed by atoms with Gasteiger partial charge in [0.1, 0.15) is 6.07 Å². The Morgan fingerprint density at radius 2 is 2.06 bits per heavy atom. The number of hydrogen-bond donors (Lipinski definition) is 2. The molecular formula is C9H5F3N2O2. The molecule has 1 rings (SSSR count). The number of nitriles is 1. The van der Waals surface area contributed by atoms with E-state index in [9.17, 15) is 18.0 Å². The number of halogens is 3. The topological polar surface area (TPSA) is 73.1 Å². The Balaban J connectivity index is 3.18. The van der Waals surface area contributed by atoms with E-state index in [0.717, 1.165) is 6.07 Å². The van der Waals surface area contributed by atoms with Gasteiger partial charge < -0.3 is 5.11 Å². The first-order valence-corrected chi connectivity index (χ1v) is 3.96. The summed E-state index contributed by atoms with van der Waals surface area (Å²) in [6, 6.07) is 3.67. The van der Waals surface area contributed by atoms with Gasteiger partial charge in [-0.05, 0) is 18.2 Å². The van der Waals surface area contributed by atoms with Crippen LogP contribution in [0.25, 0.3) is 0 Å². The average molecular weight is 230 g/mol. The lowest BCUT2D eigenvalue weighted by Gasteiger charge is -2.09. The molecule has 0 saturated heterocycles. The van der Waals surface area contributed by atoms with Crippen LogP contribution in [0, 0.1) is 11.3 Å². The second kappa shape index (κ2) is 4.10. The van der Waals surface area contributed by atoms with Gasteiger partial charge in [-0.1, -0.05) is 0 Å². The molecule has 0 fully saturated rings. The first-order chi connectivity index (χ1) is 7.34. The fraction of sp³-hybridized carbons (Fsp3) is 0.111. The van der Waals surface area contributed by atoms with Crippen LogP contribution in [0.2, 0.25) is 0 Å². The molecular weight excluding hydrogens is 225 g/mol. The number of anilines is 1. The number of rotatable bonds is 1. The normalized spacial score (nSPS) is 10.6. The minimum Gasteiger partial charge on any atom is -0.465 e. The van der Waals surface area contributed by atoms with Gasteiger partial charge in [-0.25, -0.2) is 4.79 Å². The molecule has 2 N–H and O–H groups in total. The Kier molecular flexibility index (Phi) is 3.04. The highest BCUT2D eigenvalue weighted by molar-refractivity contribution is 5.85. The van der Waals surface area contributed by atoms with E-state index in [1.165, 1.54) is 6.07 Å². The third kappa shape index (κ3) is 2.63. The standard InChI is InChI=1S/C9H5F3N2O2/c10-9(11,12)6-1-2-7(14-8(15)16)5(3-6)4-13/h1-3,14H,(H,15,16). The third-order valence-corrected chi connectivity index (χ3v) is 1.71. The fourth-order valence-electron chi connectivity index (χ4n) is 1.04. The van der Waals surface area contributed by atoms with Gasteiger partial charge in [-0.3, -0.25) is 5.32 Å². The maximum absolute atomic E-state index is 12.3. The molecule has 0 bridgehead atoms. The monoisotopic (exact) mass is 230 g/mol. The molecule has 84 valence electrons. The van der Waals surface area contributed by atoms with Crippen molar-refractivity contribution < 1.29 is 23.1 Å². The highest BCUT2D eigenvalue weighted by Gasteiger charge is 2.31. The van der Waals surface area contributed by atoms with Crippen LogP contribution in [0.4, 0.5) is 23.7 Å². The van der Waals surface area contributed by atoms with Crippen molar-refractivity contribution in [3.05, 3.63) is 29.3 Å². The van der Waals surface area contributed by atoms with Crippen molar-refractivity contribution in [2.45, 2.75) is 6.18 Å². The summed E-state index contributed by atoms with van der Waals surface area (Å²) < 4.78 is 36.8. The first-order valence-electron chi connectivity index (χ1n) is 3.96. The number of alkyl halides is 3. The number of nitrogens with zero attached hydrogens (tertiary/aromatic N) is 1. The van der Waals surface area contributed by atoms with Crippen LogP contribution in [0.15, 0.2) is 18.2 Å². The number of benzene rings is 1. The van der Waals surface area contributed by atoms with Crippen LogP contribution in [0.5, 0.6) is 0 Å². The number of carbonyl (C=O) groups is 1. The Labute approximate surface area is 87.9 Å². The first kappa shape index (κ1) is 11.8. The number of nitrogens with one attached hydrogen (secondary N) is 1. The zero-order chi connectivity index (χ0) is 12.3. The van der Waals surface area contributed by atoms with Crippen molar-refractivity contribution in [3.8, 4) is 6.07 Å². The van der Waals surface area contributed by atoms with Crippen LogP contribution in [0.1, 0.15) is 11.1 Å². The maximum Gasteiger partial charge on any atom is 0.416 e. The minimum atomic E-state index is -4.56. The van der Waals surface area contributed by atoms with E-state index in [4.69, 9.17) is 10.4 Å². The molecule has 1 aromatic carbocycles. The van der Waals surface area contributed by atoms with Crippen LogP contribution in [-0.2, 0) is 6.18 Å². The van der Waals surface area contributed by atoms with Gasteiger partial charge in [0.2, 0.25) is 0 Å². The zero-order valence-corrected chi connectivity index (χ0v) is 7.67. The quantitative estimate of drug-likeness (QED) is 0.778. The zero-order valence-electron chi connectivity index (χ0n) is 7.67. The molecule has 0 aromatic heterocycles. The van der Waals surface area contributed by atoms with E-state index < -0.39 is 17.8 Å². The largest absolute Gasteiger partial charge is 0.465 e. The molecule has 1 aromatic rings. The maximum atomic E-state index is 12.3. The van der Waals surface area contributed by atoms with E-state index in [2.05, 4.69) is 0 Å².